The van der Waals surface area contributed by atoms with Crippen LogP contribution in [0, 0.1) is 5.92 Å². The van der Waals surface area contributed by atoms with Crippen LogP contribution in [-0.4, -0.2) is 13.6 Å². The monoisotopic (exact) mass is 357 g/mol. The molecule has 0 bridgehead atoms. The van der Waals surface area contributed by atoms with Crippen LogP contribution in [0.4, 0.5) is 0 Å². The highest BCUT2D eigenvalue weighted by atomic mass is 80.0. The Kier molecular flexibility index (Phi) is 3.86. The fraction of sp³-hybridized carbons (Fsp3) is 0.500. The van der Waals surface area contributed by atoms with Crippen LogP contribution in [0.1, 0.15) is 6.92 Å². The molecule has 0 aromatic carbocycles. The first-order chi connectivity index (χ1) is 5.54. The number of hydrogen-bond acceptors (Lipinski definition) is 1. The fourth-order valence-corrected chi connectivity index (χ4v) is 1.87. The summed E-state index contributed by atoms with van der Waals surface area (Å²) in [4.78, 5) is 2.13. The predicted molar refractivity (Wildman–Crippen MR) is 63.7 cm³/mol. The standard InChI is InChI=1S/C8H10Br3N/c1-2-12-5-3-7(4-6-12)8(9,10)11/h3-7H,2H2,1H3. The Morgan fingerprint density at radius 3 is 2.08 bits per heavy atom. The molecular weight excluding hydrogens is 350 g/mol. The van der Waals surface area contributed by atoms with Gasteiger partial charge in [0.15, 0.2) is 0 Å². The maximum atomic E-state index is 3.49. The van der Waals surface area contributed by atoms with Crippen LogP contribution in [0.15, 0.2) is 24.6 Å². The molecule has 0 aliphatic carbocycles. The van der Waals surface area contributed by atoms with E-state index in [9.17, 15) is 0 Å². The van der Waals surface area contributed by atoms with Gasteiger partial charge in [-0.25, -0.2) is 0 Å². The first kappa shape index (κ1) is 10.8. The molecule has 0 fully saturated rings. The van der Waals surface area contributed by atoms with E-state index < -0.39 is 0 Å². The van der Waals surface area contributed by atoms with Crippen molar-refractivity contribution in [1.29, 1.82) is 0 Å². The maximum absolute atomic E-state index is 3.49. The molecule has 0 N–H and O–H groups in total. The molecule has 0 aromatic rings. The van der Waals surface area contributed by atoms with Crippen molar-refractivity contribution in [3.8, 4) is 0 Å². The van der Waals surface area contributed by atoms with Crippen LogP contribution >= 0.6 is 47.8 Å². The summed E-state index contributed by atoms with van der Waals surface area (Å²) in [5.74, 6) is 0.334. The number of rotatable bonds is 1. The SMILES string of the molecule is CCN1C=CC(C(Br)(Br)Br)C=C1. The molecule has 1 rings (SSSR count). The summed E-state index contributed by atoms with van der Waals surface area (Å²) < 4.78 is -0.209. The van der Waals surface area contributed by atoms with Crippen molar-refractivity contribution in [2.24, 2.45) is 5.92 Å². The molecule has 0 saturated heterocycles. The van der Waals surface area contributed by atoms with Gasteiger partial charge in [0, 0.05) is 24.9 Å². The zero-order valence-electron chi connectivity index (χ0n) is 6.67. The Morgan fingerprint density at radius 1 is 1.25 bits per heavy atom. The van der Waals surface area contributed by atoms with Crippen LogP contribution in [-0.2, 0) is 0 Å². The van der Waals surface area contributed by atoms with Crippen LogP contribution in [0.5, 0.6) is 0 Å². The maximum Gasteiger partial charge on any atom is 0.144 e. The fourth-order valence-electron chi connectivity index (χ4n) is 0.949. The number of halogens is 3. The van der Waals surface area contributed by atoms with Crippen molar-refractivity contribution in [2.45, 2.75) is 9.07 Å². The van der Waals surface area contributed by atoms with Gasteiger partial charge in [0.25, 0.3) is 0 Å². The van der Waals surface area contributed by atoms with Crippen LogP contribution in [0.3, 0.4) is 0 Å². The molecule has 1 heterocycles. The van der Waals surface area contributed by atoms with Crippen LogP contribution < -0.4 is 0 Å². The van der Waals surface area contributed by atoms with Crippen molar-refractivity contribution >= 4 is 47.8 Å². The Labute approximate surface area is 98.3 Å². The van der Waals surface area contributed by atoms with Gasteiger partial charge in [-0.3, -0.25) is 0 Å². The molecule has 68 valence electrons. The van der Waals surface area contributed by atoms with Crippen LogP contribution in [0.25, 0.3) is 0 Å². The third-order valence-electron chi connectivity index (χ3n) is 1.71. The van der Waals surface area contributed by atoms with E-state index in [-0.39, 0.29) is 2.14 Å². The molecule has 0 atom stereocenters. The topological polar surface area (TPSA) is 3.24 Å². The summed E-state index contributed by atoms with van der Waals surface area (Å²) in [6.45, 7) is 3.14. The number of hydrogen-bond donors (Lipinski definition) is 0. The first-order valence-corrected chi connectivity index (χ1v) is 6.11. The zero-order valence-corrected chi connectivity index (χ0v) is 11.4. The highest BCUT2D eigenvalue weighted by Gasteiger charge is 2.27. The smallest absolute Gasteiger partial charge is 0.144 e. The van der Waals surface area contributed by atoms with Crippen molar-refractivity contribution in [1.82, 2.24) is 4.90 Å². The number of allylic oxidation sites excluding steroid dienone is 2. The van der Waals surface area contributed by atoms with E-state index in [1.54, 1.807) is 0 Å². The van der Waals surface area contributed by atoms with Gasteiger partial charge in [-0.2, -0.15) is 0 Å². The van der Waals surface area contributed by atoms with Gasteiger partial charge in [-0.15, -0.1) is 0 Å². The molecule has 0 radical (unpaired) electrons. The van der Waals surface area contributed by atoms with Crippen LogP contribution in [0.2, 0.25) is 0 Å². The Hall–Kier alpha value is 0.720. The third kappa shape index (κ3) is 2.89. The minimum absolute atomic E-state index is 0.209. The average Bonchev–Trinajstić information content (AvgIpc) is 2.03. The lowest BCUT2D eigenvalue weighted by atomic mass is 10.1. The lowest BCUT2D eigenvalue weighted by molar-refractivity contribution is 0.516. The van der Waals surface area contributed by atoms with E-state index in [2.05, 4.69) is 84.2 Å². The molecule has 0 aromatic heterocycles. The summed E-state index contributed by atoms with van der Waals surface area (Å²) in [5.41, 5.74) is 0. The summed E-state index contributed by atoms with van der Waals surface area (Å²) in [6, 6.07) is 0. The molecule has 0 unspecified atom stereocenters. The van der Waals surface area contributed by atoms with Gasteiger partial charge in [0.05, 0.1) is 0 Å². The van der Waals surface area contributed by atoms with Gasteiger partial charge in [0.1, 0.15) is 2.14 Å². The second-order valence-electron chi connectivity index (χ2n) is 2.58. The number of nitrogens with zero attached hydrogens (tertiary/aromatic N) is 1. The summed E-state index contributed by atoms with van der Waals surface area (Å²) in [7, 11) is 0. The van der Waals surface area contributed by atoms with E-state index in [1.807, 2.05) is 0 Å². The normalized spacial score (nSPS) is 18.8. The minimum atomic E-state index is -0.209. The molecular formula is C8H10Br3N. The molecule has 0 spiro atoms. The van der Waals surface area contributed by atoms with Gasteiger partial charge < -0.3 is 4.90 Å². The summed E-state index contributed by atoms with van der Waals surface area (Å²) >= 11 is 10.5. The van der Waals surface area contributed by atoms with E-state index in [1.165, 1.54) is 0 Å². The Bertz CT molecular complexity index is 191. The molecule has 0 amide bonds. The second-order valence-corrected chi connectivity index (χ2v) is 9.53. The Balaban J connectivity index is 2.61. The van der Waals surface area contributed by atoms with E-state index >= 15 is 0 Å². The quantitative estimate of drug-likeness (QED) is 0.644. The van der Waals surface area contributed by atoms with Gasteiger partial charge >= 0.3 is 0 Å². The van der Waals surface area contributed by atoms with E-state index in [4.69, 9.17) is 0 Å². The molecule has 1 aliphatic rings. The zero-order chi connectivity index (χ0) is 9.19. The molecule has 4 heteroatoms. The summed E-state index contributed by atoms with van der Waals surface area (Å²) in [6.07, 6.45) is 8.45. The largest absolute Gasteiger partial charge is 0.355 e. The molecule has 12 heavy (non-hydrogen) atoms. The van der Waals surface area contributed by atoms with Crippen molar-refractivity contribution in [3.63, 3.8) is 0 Å². The van der Waals surface area contributed by atoms with Crippen molar-refractivity contribution < 1.29 is 0 Å². The molecule has 0 saturated carbocycles. The highest BCUT2D eigenvalue weighted by molar-refractivity contribution is 9.39. The third-order valence-corrected chi connectivity index (χ3v) is 3.30. The number of alkyl halides is 3. The van der Waals surface area contributed by atoms with Gasteiger partial charge in [0.2, 0.25) is 0 Å². The van der Waals surface area contributed by atoms with Gasteiger partial charge in [-0.05, 0) is 6.92 Å². The minimum Gasteiger partial charge on any atom is -0.355 e. The van der Waals surface area contributed by atoms with E-state index in [0.29, 0.717) is 5.92 Å². The summed E-state index contributed by atoms with van der Waals surface area (Å²) in [5, 5.41) is 0. The molecule has 1 nitrogen and oxygen atoms in total. The average molecular weight is 360 g/mol. The second kappa shape index (κ2) is 4.29. The first-order valence-electron chi connectivity index (χ1n) is 3.73. The van der Waals surface area contributed by atoms with E-state index in [0.717, 1.165) is 6.54 Å². The highest BCUT2D eigenvalue weighted by Crippen LogP contribution is 2.43. The van der Waals surface area contributed by atoms with Gasteiger partial charge in [-0.1, -0.05) is 59.9 Å². The van der Waals surface area contributed by atoms with Crippen molar-refractivity contribution in [3.05, 3.63) is 24.6 Å². The lowest BCUT2D eigenvalue weighted by Gasteiger charge is -2.25. The Morgan fingerprint density at radius 2 is 1.75 bits per heavy atom. The lowest BCUT2D eigenvalue weighted by Crippen LogP contribution is -2.19. The predicted octanol–water partition coefficient (Wildman–Crippen LogP) is 3.80. The molecule has 1 aliphatic heterocycles. The van der Waals surface area contributed by atoms with Crippen molar-refractivity contribution in [2.75, 3.05) is 6.54 Å².